The van der Waals surface area contributed by atoms with Crippen LogP contribution in [0.25, 0.3) is 0 Å². The lowest BCUT2D eigenvalue weighted by Gasteiger charge is -2.10. The second-order valence-corrected chi connectivity index (χ2v) is 4.35. The summed E-state index contributed by atoms with van der Waals surface area (Å²) in [6.45, 7) is 4.20. The maximum atomic E-state index is 12.9. The van der Waals surface area contributed by atoms with E-state index in [1.165, 1.54) is 0 Å². The number of halogens is 1. The summed E-state index contributed by atoms with van der Waals surface area (Å²) in [5.74, 6) is 0.285. The van der Waals surface area contributed by atoms with Crippen LogP contribution in [0, 0.1) is 13.8 Å². The van der Waals surface area contributed by atoms with E-state index in [-0.39, 0.29) is 11.9 Å². The van der Waals surface area contributed by atoms with Crippen molar-refractivity contribution in [1.82, 2.24) is 15.8 Å². The quantitative estimate of drug-likeness (QED) is 0.818. The molecule has 1 amide bonds. The summed E-state index contributed by atoms with van der Waals surface area (Å²) in [4.78, 5) is 11.9. The fourth-order valence-electron chi connectivity index (χ4n) is 2.04. The summed E-state index contributed by atoms with van der Waals surface area (Å²) in [7, 11) is 0. The highest BCUT2D eigenvalue weighted by atomic mass is 19.1. The van der Waals surface area contributed by atoms with E-state index >= 15 is 0 Å². The average molecular weight is 241 g/mol. The molecule has 2 heterocycles. The maximum absolute atomic E-state index is 12.9. The second kappa shape index (κ2) is 4.83. The Kier molecular flexibility index (Phi) is 3.42. The topological polar surface area (TPSA) is 67.2 Å². The Morgan fingerprint density at radius 1 is 1.65 bits per heavy atom. The van der Waals surface area contributed by atoms with Crippen molar-refractivity contribution in [2.24, 2.45) is 0 Å². The minimum absolute atomic E-state index is 0.00872. The summed E-state index contributed by atoms with van der Waals surface area (Å²) in [5, 5.41) is 9.49. The van der Waals surface area contributed by atoms with Crippen molar-refractivity contribution in [3.05, 3.63) is 17.0 Å². The highest BCUT2D eigenvalue weighted by molar-refractivity contribution is 5.96. The minimum Gasteiger partial charge on any atom is -0.361 e. The Bertz CT molecular complexity index is 399. The third-order valence-electron chi connectivity index (χ3n) is 2.94. The van der Waals surface area contributed by atoms with E-state index in [9.17, 15) is 9.18 Å². The van der Waals surface area contributed by atoms with Crippen LogP contribution in [0.4, 0.5) is 4.39 Å². The molecule has 2 N–H and O–H groups in total. The zero-order valence-electron chi connectivity index (χ0n) is 9.92. The highest BCUT2D eigenvalue weighted by Gasteiger charge is 2.24. The molecule has 0 aromatic carbocycles. The van der Waals surface area contributed by atoms with E-state index in [0.717, 1.165) is 0 Å². The Balaban J connectivity index is 1.90. The fourth-order valence-corrected chi connectivity index (χ4v) is 2.04. The van der Waals surface area contributed by atoms with Crippen molar-refractivity contribution in [1.29, 1.82) is 0 Å². The molecule has 2 rings (SSSR count). The molecule has 0 aliphatic carbocycles. The standard InChI is InChI=1S/C11H16FN3O2/c1-6-10(7(2)17-15-6)11(16)14-5-9-3-8(12)4-13-9/h8-9,13H,3-5H2,1-2H3,(H,14,16)/t8-,9-/m0/s1. The van der Waals surface area contributed by atoms with Gasteiger partial charge in [0.05, 0.1) is 5.69 Å². The van der Waals surface area contributed by atoms with Crippen LogP contribution in [0.3, 0.4) is 0 Å². The van der Waals surface area contributed by atoms with Crippen molar-refractivity contribution in [2.45, 2.75) is 32.5 Å². The van der Waals surface area contributed by atoms with Crippen molar-refractivity contribution in [3.8, 4) is 0 Å². The Hall–Kier alpha value is -1.43. The van der Waals surface area contributed by atoms with E-state index in [0.29, 0.717) is 36.5 Å². The van der Waals surface area contributed by atoms with Gasteiger partial charge in [0.25, 0.3) is 5.91 Å². The van der Waals surface area contributed by atoms with Gasteiger partial charge in [-0.2, -0.15) is 0 Å². The van der Waals surface area contributed by atoms with Crippen LogP contribution >= 0.6 is 0 Å². The molecule has 1 saturated heterocycles. The predicted molar refractivity (Wildman–Crippen MR) is 59.6 cm³/mol. The maximum Gasteiger partial charge on any atom is 0.256 e. The normalized spacial score (nSPS) is 23.9. The highest BCUT2D eigenvalue weighted by Crippen LogP contribution is 2.12. The Morgan fingerprint density at radius 3 is 2.94 bits per heavy atom. The molecule has 1 fully saturated rings. The molecule has 1 aliphatic heterocycles. The second-order valence-electron chi connectivity index (χ2n) is 4.35. The van der Waals surface area contributed by atoms with Crippen LogP contribution in [0.2, 0.25) is 0 Å². The Morgan fingerprint density at radius 2 is 2.41 bits per heavy atom. The van der Waals surface area contributed by atoms with E-state index in [1.54, 1.807) is 13.8 Å². The molecule has 94 valence electrons. The van der Waals surface area contributed by atoms with Crippen LogP contribution in [0.5, 0.6) is 0 Å². The van der Waals surface area contributed by atoms with Gasteiger partial charge in [-0.3, -0.25) is 4.79 Å². The molecule has 0 radical (unpaired) electrons. The SMILES string of the molecule is Cc1noc(C)c1C(=O)NC[C@@H]1C[C@H](F)CN1. The van der Waals surface area contributed by atoms with Crippen LogP contribution in [-0.4, -0.2) is 36.4 Å². The van der Waals surface area contributed by atoms with Crippen molar-refractivity contribution in [3.63, 3.8) is 0 Å². The molecule has 1 aliphatic rings. The molecular weight excluding hydrogens is 225 g/mol. The van der Waals surface area contributed by atoms with E-state index < -0.39 is 6.17 Å². The van der Waals surface area contributed by atoms with Gasteiger partial charge in [-0.25, -0.2) is 4.39 Å². The molecule has 0 unspecified atom stereocenters. The largest absolute Gasteiger partial charge is 0.361 e. The van der Waals surface area contributed by atoms with E-state index in [1.807, 2.05) is 0 Å². The monoisotopic (exact) mass is 241 g/mol. The van der Waals surface area contributed by atoms with Gasteiger partial charge < -0.3 is 15.2 Å². The number of carbonyl (C=O) groups excluding carboxylic acids is 1. The van der Waals surface area contributed by atoms with E-state index in [4.69, 9.17) is 4.52 Å². The molecule has 2 atom stereocenters. The molecule has 0 bridgehead atoms. The first-order valence-corrected chi connectivity index (χ1v) is 5.66. The predicted octanol–water partition coefficient (Wildman–Crippen LogP) is 0.721. The third-order valence-corrected chi connectivity index (χ3v) is 2.94. The first kappa shape index (κ1) is 12.0. The summed E-state index contributed by atoms with van der Waals surface area (Å²) >= 11 is 0. The van der Waals surface area contributed by atoms with Crippen LogP contribution in [0.1, 0.15) is 28.2 Å². The minimum atomic E-state index is -0.809. The van der Waals surface area contributed by atoms with Gasteiger partial charge in [-0.1, -0.05) is 5.16 Å². The van der Waals surface area contributed by atoms with Crippen LogP contribution in [0.15, 0.2) is 4.52 Å². The molecule has 5 nitrogen and oxygen atoms in total. The first-order valence-electron chi connectivity index (χ1n) is 5.66. The number of aromatic nitrogens is 1. The first-order chi connectivity index (χ1) is 8.08. The van der Waals surface area contributed by atoms with Gasteiger partial charge in [0.1, 0.15) is 17.5 Å². The van der Waals surface area contributed by atoms with Gasteiger partial charge in [0.15, 0.2) is 0 Å². The van der Waals surface area contributed by atoms with Crippen molar-refractivity contribution < 1.29 is 13.7 Å². The molecule has 1 aromatic heterocycles. The zero-order valence-corrected chi connectivity index (χ0v) is 9.92. The third kappa shape index (κ3) is 2.63. The number of amides is 1. The molecule has 1 aromatic rings. The molecular formula is C11H16FN3O2. The average Bonchev–Trinajstić information content (AvgIpc) is 2.83. The fraction of sp³-hybridized carbons (Fsp3) is 0.636. The Labute approximate surface area is 98.7 Å². The van der Waals surface area contributed by atoms with E-state index in [2.05, 4.69) is 15.8 Å². The summed E-state index contributed by atoms with van der Waals surface area (Å²) in [6, 6.07) is 0.00872. The van der Waals surface area contributed by atoms with Gasteiger partial charge >= 0.3 is 0 Å². The molecule has 17 heavy (non-hydrogen) atoms. The van der Waals surface area contributed by atoms with Crippen molar-refractivity contribution >= 4 is 5.91 Å². The number of aryl methyl sites for hydroxylation is 2. The lowest BCUT2D eigenvalue weighted by molar-refractivity contribution is 0.0948. The smallest absolute Gasteiger partial charge is 0.256 e. The summed E-state index contributed by atoms with van der Waals surface area (Å²) in [5.41, 5.74) is 1.04. The number of nitrogens with zero attached hydrogens (tertiary/aromatic N) is 1. The number of nitrogens with one attached hydrogen (secondary N) is 2. The van der Waals surface area contributed by atoms with Crippen molar-refractivity contribution in [2.75, 3.05) is 13.1 Å². The lowest BCUT2D eigenvalue weighted by atomic mass is 10.1. The number of alkyl halides is 1. The number of rotatable bonds is 3. The lowest BCUT2D eigenvalue weighted by Crippen LogP contribution is -2.37. The molecule has 0 spiro atoms. The zero-order chi connectivity index (χ0) is 12.4. The number of hydrogen-bond acceptors (Lipinski definition) is 4. The van der Waals surface area contributed by atoms with Crippen LogP contribution < -0.4 is 10.6 Å². The van der Waals surface area contributed by atoms with Gasteiger partial charge in [-0.15, -0.1) is 0 Å². The number of carbonyl (C=O) groups is 1. The van der Waals surface area contributed by atoms with Crippen LogP contribution in [-0.2, 0) is 0 Å². The van der Waals surface area contributed by atoms with Gasteiger partial charge in [0.2, 0.25) is 0 Å². The number of hydrogen-bond donors (Lipinski definition) is 2. The van der Waals surface area contributed by atoms with Gasteiger partial charge in [0, 0.05) is 19.1 Å². The van der Waals surface area contributed by atoms with Gasteiger partial charge in [-0.05, 0) is 20.3 Å². The molecule has 0 saturated carbocycles. The molecule has 6 heteroatoms. The summed E-state index contributed by atoms with van der Waals surface area (Å²) < 4.78 is 17.8. The summed E-state index contributed by atoms with van der Waals surface area (Å²) in [6.07, 6.45) is -0.363.